The van der Waals surface area contributed by atoms with Crippen LogP contribution < -0.4 is 14.8 Å². The Morgan fingerprint density at radius 1 is 1.24 bits per heavy atom. The number of rotatable bonds is 8. The molecule has 0 saturated carbocycles. The van der Waals surface area contributed by atoms with E-state index in [1.54, 1.807) is 38.5 Å². The minimum absolute atomic E-state index is 0.0484. The first-order chi connectivity index (χ1) is 14.0. The third-order valence-electron chi connectivity index (χ3n) is 4.89. The zero-order valence-corrected chi connectivity index (χ0v) is 17.2. The number of hydrogen-bond donors (Lipinski definition) is 1. The minimum atomic E-state index is -2.54. The standard InChI is InChI=1S/C21H24F2N2O3S/c1-27-14-9-10-15(18(12-14)28-2)17-7-5-11-25(17)13-20(26)24-16-6-3-4-8-19(16)29-21(22)23/h3-4,6,8-10,12,17,21H,5,7,11,13H2,1-2H3,(H,24,26). The quantitative estimate of drug-likeness (QED) is 0.620. The lowest BCUT2D eigenvalue weighted by Crippen LogP contribution is -2.33. The van der Waals surface area contributed by atoms with Crippen molar-refractivity contribution < 1.29 is 23.0 Å². The lowest BCUT2D eigenvalue weighted by Gasteiger charge is -2.26. The number of amides is 1. The number of thioether (sulfide) groups is 1. The molecule has 0 aliphatic carbocycles. The predicted octanol–water partition coefficient (Wildman–Crippen LogP) is 4.79. The molecular weight excluding hydrogens is 398 g/mol. The number of likely N-dealkylation sites (tertiary alicyclic amines) is 1. The lowest BCUT2D eigenvalue weighted by atomic mass is 10.0. The number of hydrogen-bond acceptors (Lipinski definition) is 5. The number of halogens is 2. The van der Waals surface area contributed by atoms with E-state index in [0.29, 0.717) is 28.1 Å². The van der Waals surface area contributed by atoms with Gasteiger partial charge in [-0.3, -0.25) is 9.69 Å². The van der Waals surface area contributed by atoms with Crippen molar-refractivity contribution >= 4 is 23.4 Å². The number of benzene rings is 2. The van der Waals surface area contributed by atoms with Crippen molar-refractivity contribution in [2.24, 2.45) is 0 Å². The third kappa shape index (κ3) is 5.39. The molecule has 8 heteroatoms. The molecule has 1 fully saturated rings. The Bertz CT molecular complexity index is 850. The second-order valence-electron chi connectivity index (χ2n) is 6.66. The summed E-state index contributed by atoms with van der Waals surface area (Å²) in [7, 11) is 3.21. The third-order valence-corrected chi connectivity index (χ3v) is 5.68. The smallest absolute Gasteiger partial charge is 0.288 e. The van der Waals surface area contributed by atoms with E-state index in [9.17, 15) is 13.6 Å². The molecule has 5 nitrogen and oxygen atoms in total. The second-order valence-corrected chi connectivity index (χ2v) is 7.69. The topological polar surface area (TPSA) is 50.8 Å². The molecule has 2 aromatic rings. The summed E-state index contributed by atoms with van der Waals surface area (Å²) in [5.41, 5.74) is 1.41. The molecule has 1 aliphatic rings. The summed E-state index contributed by atoms with van der Waals surface area (Å²) in [5.74, 6) is -1.34. The zero-order chi connectivity index (χ0) is 20.8. The molecule has 1 unspecified atom stereocenters. The van der Waals surface area contributed by atoms with Gasteiger partial charge < -0.3 is 14.8 Å². The number of nitrogens with zero attached hydrogens (tertiary/aromatic N) is 1. The number of ether oxygens (including phenoxy) is 2. The number of nitrogens with one attached hydrogen (secondary N) is 1. The number of para-hydroxylation sites is 1. The highest BCUT2D eigenvalue weighted by Gasteiger charge is 2.30. The molecule has 156 valence electrons. The van der Waals surface area contributed by atoms with E-state index in [-0.39, 0.29) is 18.5 Å². The van der Waals surface area contributed by atoms with Gasteiger partial charge in [0.15, 0.2) is 0 Å². The van der Waals surface area contributed by atoms with E-state index >= 15 is 0 Å². The molecule has 29 heavy (non-hydrogen) atoms. The van der Waals surface area contributed by atoms with E-state index in [1.807, 2.05) is 18.2 Å². The molecular formula is C21H24F2N2O3S. The van der Waals surface area contributed by atoms with Crippen molar-refractivity contribution in [3.8, 4) is 11.5 Å². The maximum absolute atomic E-state index is 12.8. The van der Waals surface area contributed by atoms with Gasteiger partial charge in [-0.1, -0.05) is 30.0 Å². The van der Waals surface area contributed by atoms with Gasteiger partial charge in [0.05, 0.1) is 26.5 Å². The Hall–Kier alpha value is -2.32. The molecule has 3 rings (SSSR count). The van der Waals surface area contributed by atoms with E-state index in [0.717, 1.165) is 30.7 Å². The molecule has 0 spiro atoms. The first-order valence-electron chi connectivity index (χ1n) is 9.31. The fourth-order valence-corrected chi connectivity index (χ4v) is 4.20. The summed E-state index contributed by atoms with van der Waals surface area (Å²) in [6.07, 6.45) is 1.87. The van der Waals surface area contributed by atoms with Gasteiger partial charge in [0.25, 0.3) is 5.76 Å². The molecule has 1 saturated heterocycles. The van der Waals surface area contributed by atoms with E-state index < -0.39 is 5.76 Å². The van der Waals surface area contributed by atoms with E-state index in [1.165, 1.54) is 0 Å². The maximum atomic E-state index is 12.8. The molecule has 1 N–H and O–H groups in total. The van der Waals surface area contributed by atoms with Crippen LogP contribution in [-0.4, -0.2) is 43.9 Å². The Morgan fingerprint density at radius 3 is 2.76 bits per heavy atom. The Morgan fingerprint density at radius 2 is 2.03 bits per heavy atom. The summed E-state index contributed by atoms with van der Waals surface area (Å²) in [5, 5.41) is 2.78. The van der Waals surface area contributed by atoms with Crippen molar-refractivity contribution in [3.63, 3.8) is 0 Å². The van der Waals surface area contributed by atoms with Crippen LogP contribution in [0.4, 0.5) is 14.5 Å². The van der Waals surface area contributed by atoms with Gasteiger partial charge >= 0.3 is 0 Å². The van der Waals surface area contributed by atoms with Gasteiger partial charge in [0, 0.05) is 22.6 Å². The average molecular weight is 422 g/mol. The largest absolute Gasteiger partial charge is 0.497 e. The molecule has 1 atom stereocenters. The number of carbonyl (C=O) groups is 1. The number of methoxy groups -OCH3 is 2. The monoisotopic (exact) mass is 422 g/mol. The summed E-state index contributed by atoms with van der Waals surface area (Å²) in [6, 6.07) is 12.3. The molecule has 0 aromatic heterocycles. The average Bonchev–Trinajstić information content (AvgIpc) is 3.16. The van der Waals surface area contributed by atoms with Gasteiger partial charge in [-0.25, -0.2) is 0 Å². The van der Waals surface area contributed by atoms with Crippen molar-refractivity contribution in [3.05, 3.63) is 48.0 Å². The Labute approximate surface area is 173 Å². The molecule has 1 heterocycles. The van der Waals surface area contributed by atoms with Crippen molar-refractivity contribution in [1.29, 1.82) is 0 Å². The second kappa shape index (κ2) is 9.93. The zero-order valence-electron chi connectivity index (χ0n) is 16.4. The molecule has 1 aliphatic heterocycles. The van der Waals surface area contributed by atoms with Gasteiger partial charge in [-0.2, -0.15) is 8.78 Å². The molecule has 1 amide bonds. The predicted molar refractivity (Wildman–Crippen MR) is 110 cm³/mol. The first-order valence-corrected chi connectivity index (χ1v) is 10.2. The molecule has 2 aromatic carbocycles. The van der Waals surface area contributed by atoms with Crippen LogP contribution in [0, 0.1) is 0 Å². The number of carbonyl (C=O) groups excluding carboxylic acids is 1. The fourth-order valence-electron chi connectivity index (χ4n) is 3.60. The SMILES string of the molecule is COc1ccc(C2CCCN2CC(=O)Nc2ccccc2SC(F)F)c(OC)c1. The van der Waals surface area contributed by atoms with Crippen LogP contribution in [-0.2, 0) is 4.79 Å². The van der Waals surface area contributed by atoms with Crippen LogP contribution in [0.15, 0.2) is 47.4 Å². The van der Waals surface area contributed by atoms with Gasteiger partial charge in [0.2, 0.25) is 5.91 Å². The van der Waals surface area contributed by atoms with Crippen LogP contribution in [0.25, 0.3) is 0 Å². The number of alkyl halides is 2. The van der Waals surface area contributed by atoms with Gasteiger partial charge in [-0.15, -0.1) is 0 Å². The minimum Gasteiger partial charge on any atom is -0.497 e. The summed E-state index contributed by atoms with van der Waals surface area (Å²) >= 11 is 0.426. The van der Waals surface area contributed by atoms with Crippen molar-refractivity contribution in [2.75, 3.05) is 32.6 Å². The number of anilines is 1. The Kier molecular flexibility index (Phi) is 7.33. The van der Waals surface area contributed by atoms with Crippen LogP contribution in [0.3, 0.4) is 0 Å². The normalized spacial score (nSPS) is 16.8. The van der Waals surface area contributed by atoms with Crippen LogP contribution in [0.2, 0.25) is 0 Å². The summed E-state index contributed by atoms with van der Waals surface area (Å²) in [6.45, 7) is 0.953. The van der Waals surface area contributed by atoms with Crippen molar-refractivity contribution in [2.45, 2.75) is 29.5 Å². The summed E-state index contributed by atoms with van der Waals surface area (Å²) < 4.78 is 36.3. The van der Waals surface area contributed by atoms with Crippen molar-refractivity contribution in [1.82, 2.24) is 4.90 Å². The first kappa shape index (κ1) is 21.4. The van der Waals surface area contributed by atoms with Gasteiger partial charge in [-0.05, 0) is 37.6 Å². The highest BCUT2D eigenvalue weighted by Crippen LogP contribution is 2.38. The maximum Gasteiger partial charge on any atom is 0.288 e. The van der Waals surface area contributed by atoms with E-state index in [2.05, 4.69) is 10.2 Å². The molecule has 0 radical (unpaired) electrons. The highest BCUT2D eigenvalue weighted by molar-refractivity contribution is 7.99. The lowest BCUT2D eigenvalue weighted by molar-refractivity contribution is -0.117. The Balaban J connectivity index is 1.71. The van der Waals surface area contributed by atoms with E-state index in [4.69, 9.17) is 9.47 Å². The van der Waals surface area contributed by atoms with Gasteiger partial charge in [0.1, 0.15) is 11.5 Å². The van der Waals surface area contributed by atoms with Crippen LogP contribution in [0.1, 0.15) is 24.4 Å². The van der Waals surface area contributed by atoms with Crippen LogP contribution >= 0.6 is 11.8 Å². The fraction of sp³-hybridized carbons (Fsp3) is 0.381. The highest BCUT2D eigenvalue weighted by atomic mass is 32.2. The molecule has 0 bridgehead atoms. The summed E-state index contributed by atoms with van der Waals surface area (Å²) in [4.78, 5) is 15.1. The van der Waals surface area contributed by atoms with Crippen LogP contribution in [0.5, 0.6) is 11.5 Å².